The van der Waals surface area contributed by atoms with E-state index >= 15 is 0 Å². The van der Waals surface area contributed by atoms with Crippen LogP contribution in [0.5, 0.6) is 17.2 Å². The normalized spacial score (nSPS) is 17.1. The second kappa shape index (κ2) is 12.4. The number of carbonyl (C=O) groups is 2. The van der Waals surface area contributed by atoms with Crippen LogP contribution >= 0.6 is 0 Å². The van der Waals surface area contributed by atoms with Gasteiger partial charge >= 0.3 is 0 Å². The summed E-state index contributed by atoms with van der Waals surface area (Å²) < 4.78 is 16.9. The molecule has 36 heavy (non-hydrogen) atoms. The summed E-state index contributed by atoms with van der Waals surface area (Å²) in [5.41, 5.74) is 0.913. The van der Waals surface area contributed by atoms with E-state index in [0.29, 0.717) is 61.2 Å². The van der Waals surface area contributed by atoms with Gasteiger partial charge in [-0.15, -0.1) is 0 Å². The Hall–Kier alpha value is -3.52. The van der Waals surface area contributed by atoms with Crippen LogP contribution in [0.4, 0.5) is 0 Å². The van der Waals surface area contributed by atoms with Gasteiger partial charge in [0.2, 0.25) is 5.78 Å². The minimum absolute atomic E-state index is 0.0482. The number of Topliss-reactive ketones (excluding diaryl/α,β-unsaturated/α-hetero) is 1. The first-order chi connectivity index (χ1) is 17.3. The fourth-order valence-electron chi connectivity index (χ4n) is 4.31. The molecule has 1 atom stereocenters. The Kier molecular flexibility index (Phi) is 9.36. The Bertz CT molecular complexity index is 1090. The standard InChI is InChI=1S/C28H36N2O6/c1-6-34-21-13-10-19(11-14-21)26(31)24-25(30(28(33)27(24)32)17-9-16-29(4)5)20-12-15-22(35-7-2)23(18-20)36-8-3/h10-15,18,25,31H,6-9,16-17H2,1-5H3. The van der Waals surface area contributed by atoms with E-state index in [1.807, 2.05) is 34.9 Å². The van der Waals surface area contributed by atoms with E-state index in [0.717, 1.165) is 6.54 Å². The van der Waals surface area contributed by atoms with Crippen LogP contribution in [0.15, 0.2) is 48.0 Å². The van der Waals surface area contributed by atoms with Crippen LogP contribution < -0.4 is 24.2 Å². The largest absolute Gasteiger partial charge is 0.872 e. The number of hydrogen-bond acceptors (Lipinski definition) is 6. The van der Waals surface area contributed by atoms with Crippen LogP contribution in [0.25, 0.3) is 5.76 Å². The molecule has 8 heteroatoms. The van der Waals surface area contributed by atoms with Crippen LogP contribution in [0.3, 0.4) is 0 Å². The predicted molar refractivity (Wildman–Crippen MR) is 135 cm³/mol. The Morgan fingerprint density at radius 1 is 0.917 bits per heavy atom. The second-order valence-corrected chi connectivity index (χ2v) is 8.81. The van der Waals surface area contributed by atoms with E-state index in [1.165, 1.54) is 9.80 Å². The molecule has 194 valence electrons. The maximum atomic E-state index is 13.6. The van der Waals surface area contributed by atoms with Gasteiger partial charge < -0.3 is 29.1 Å². The third-order valence-corrected chi connectivity index (χ3v) is 5.92. The van der Waals surface area contributed by atoms with Gasteiger partial charge in [-0.2, -0.15) is 0 Å². The molecule has 0 radical (unpaired) electrons. The number of hydrogen-bond donors (Lipinski definition) is 1. The summed E-state index contributed by atoms with van der Waals surface area (Å²) in [6.07, 6.45) is 0.692. The number of likely N-dealkylation sites (tertiary alicyclic amines) is 1. The average Bonchev–Trinajstić information content (AvgIpc) is 3.10. The minimum Gasteiger partial charge on any atom is -0.872 e. The molecule has 3 rings (SSSR count). The molecular weight excluding hydrogens is 460 g/mol. The maximum Gasteiger partial charge on any atom is 0.295 e. The lowest BCUT2D eigenvalue weighted by Crippen LogP contribution is -3.05. The van der Waals surface area contributed by atoms with Gasteiger partial charge in [0.25, 0.3) is 5.91 Å². The zero-order valence-electron chi connectivity index (χ0n) is 21.8. The summed E-state index contributed by atoms with van der Waals surface area (Å²) in [6, 6.07) is 11.1. The molecule has 8 nitrogen and oxygen atoms in total. The lowest BCUT2D eigenvalue weighted by molar-refractivity contribution is -0.858. The summed E-state index contributed by atoms with van der Waals surface area (Å²) in [5, 5.41) is 13.6. The molecule has 1 aliphatic rings. The number of nitrogens with one attached hydrogen (secondary N) is 1. The van der Waals surface area contributed by atoms with E-state index in [9.17, 15) is 14.7 Å². The van der Waals surface area contributed by atoms with Crippen LogP contribution in [-0.2, 0) is 9.59 Å². The number of benzene rings is 2. The van der Waals surface area contributed by atoms with E-state index in [4.69, 9.17) is 14.2 Å². The van der Waals surface area contributed by atoms with Crippen molar-refractivity contribution in [3.8, 4) is 17.2 Å². The lowest BCUT2D eigenvalue weighted by Gasteiger charge is -2.28. The first-order valence-electron chi connectivity index (χ1n) is 12.5. The second-order valence-electron chi connectivity index (χ2n) is 8.81. The summed E-state index contributed by atoms with van der Waals surface area (Å²) in [7, 11) is 4.06. The molecule has 0 saturated carbocycles. The summed E-state index contributed by atoms with van der Waals surface area (Å²) in [6.45, 7) is 8.19. The lowest BCUT2D eigenvalue weighted by atomic mass is 9.95. The smallest absolute Gasteiger partial charge is 0.295 e. The third-order valence-electron chi connectivity index (χ3n) is 5.92. The zero-order valence-corrected chi connectivity index (χ0v) is 21.8. The molecule has 0 bridgehead atoms. The highest BCUT2D eigenvalue weighted by Gasteiger charge is 2.44. The highest BCUT2D eigenvalue weighted by molar-refractivity contribution is 6.46. The van der Waals surface area contributed by atoms with Crippen molar-refractivity contribution in [2.24, 2.45) is 0 Å². The molecule has 1 heterocycles. The summed E-state index contributed by atoms with van der Waals surface area (Å²) in [4.78, 5) is 29.1. The van der Waals surface area contributed by atoms with E-state index in [-0.39, 0.29) is 5.57 Å². The molecule has 1 unspecified atom stereocenters. The van der Waals surface area contributed by atoms with Gasteiger partial charge in [0, 0.05) is 18.5 Å². The molecule has 1 fully saturated rings. The molecule has 0 spiro atoms. The number of nitrogens with zero attached hydrogens (tertiary/aromatic N) is 1. The topological polar surface area (TPSA) is 92.6 Å². The van der Waals surface area contributed by atoms with Gasteiger partial charge in [-0.05, 0) is 56.2 Å². The summed E-state index contributed by atoms with van der Waals surface area (Å²) in [5.74, 6) is -0.174. The average molecular weight is 497 g/mol. The SMILES string of the molecule is CCOc1ccc(C([O-])=C2C(=O)C(=O)N(CCC[NH+](C)C)C2c2ccc(OCC)c(OCC)c2)cc1. The van der Waals surface area contributed by atoms with Gasteiger partial charge in [-0.25, -0.2) is 0 Å². The number of quaternary nitrogens is 1. The van der Waals surface area contributed by atoms with Gasteiger partial charge in [0.15, 0.2) is 11.5 Å². The van der Waals surface area contributed by atoms with Crippen LogP contribution in [0, 0.1) is 0 Å². The van der Waals surface area contributed by atoms with Gasteiger partial charge in [0.1, 0.15) is 5.75 Å². The van der Waals surface area contributed by atoms with Crippen molar-refractivity contribution in [2.45, 2.75) is 33.2 Å². The quantitative estimate of drug-likeness (QED) is 0.273. The molecule has 1 amide bonds. The van der Waals surface area contributed by atoms with Crippen molar-refractivity contribution in [2.75, 3.05) is 47.0 Å². The Labute approximate surface area is 213 Å². The van der Waals surface area contributed by atoms with Gasteiger partial charge in [0.05, 0.1) is 46.5 Å². The summed E-state index contributed by atoms with van der Waals surface area (Å²) >= 11 is 0. The molecular formula is C28H36N2O6. The minimum atomic E-state index is -0.809. The predicted octanol–water partition coefficient (Wildman–Crippen LogP) is 1.64. The number of amides is 1. The van der Waals surface area contributed by atoms with Crippen LogP contribution in [0.2, 0.25) is 0 Å². The molecule has 1 N–H and O–H groups in total. The fraction of sp³-hybridized carbons (Fsp3) is 0.429. The van der Waals surface area contributed by atoms with Gasteiger partial charge in [-0.3, -0.25) is 9.59 Å². The highest BCUT2D eigenvalue weighted by Crippen LogP contribution is 2.41. The Morgan fingerprint density at radius 2 is 1.56 bits per heavy atom. The van der Waals surface area contributed by atoms with Crippen molar-refractivity contribution in [3.63, 3.8) is 0 Å². The zero-order chi connectivity index (χ0) is 26.2. The fourth-order valence-corrected chi connectivity index (χ4v) is 4.31. The first-order valence-corrected chi connectivity index (χ1v) is 12.5. The van der Waals surface area contributed by atoms with E-state index < -0.39 is 23.5 Å². The van der Waals surface area contributed by atoms with E-state index in [1.54, 1.807) is 42.5 Å². The Balaban J connectivity index is 2.11. The molecule has 2 aromatic rings. The molecule has 0 aliphatic carbocycles. The molecule has 0 aromatic heterocycles. The third kappa shape index (κ3) is 5.99. The maximum absolute atomic E-state index is 13.6. The molecule has 1 saturated heterocycles. The number of rotatable bonds is 12. The van der Waals surface area contributed by atoms with Crippen molar-refractivity contribution >= 4 is 17.4 Å². The van der Waals surface area contributed by atoms with Crippen molar-refractivity contribution in [1.82, 2.24) is 4.90 Å². The molecule has 1 aliphatic heterocycles. The van der Waals surface area contributed by atoms with Crippen LogP contribution in [0.1, 0.15) is 44.4 Å². The number of ketones is 1. The van der Waals surface area contributed by atoms with Crippen molar-refractivity contribution in [1.29, 1.82) is 0 Å². The monoisotopic (exact) mass is 496 g/mol. The molecule has 2 aromatic carbocycles. The Morgan fingerprint density at radius 3 is 2.17 bits per heavy atom. The number of ether oxygens (including phenoxy) is 3. The van der Waals surface area contributed by atoms with Gasteiger partial charge in [-0.1, -0.05) is 24.0 Å². The van der Waals surface area contributed by atoms with E-state index in [2.05, 4.69) is 0 Å². The highest BCUT2D eigenvalue weighted by atomic mass is 16.5. The van der Waals surface area contributed by atoms with Crippen molar-refractivity contribution < 1.29 is 33.8 Å². The first kappa shape index (κ1) is 27.1. The number of carbonyl (C=O) groups excluding carboxylic acids is 2. The van der Waals surface area contributed by atoms with Crippen molar-refractivity contribution in [3.05, 3.63) is 59.2 Å². The van der Waals surface area contributed by atoms with Crippen LogP contribution in [-0.4, -0.2) is 63.6 Å².